The molecule has 1 saturated carbocycles. The summed E-state index contributed by atoms with van der Waals surface area (Å²) in [5.41, 5.74) is 7.28. The summed E-state index contributed by atoms with van der Waals surface area (Å²) < 4.78 is 13.2. The lowest BCUT2D eigenvalue weighted by atomic mass is 10.0. The van der Waals surface area contributed by atoms with Gasteiger partial charge in [0, 0.05) is 28.7 Å². The number of aryl methyl sites for hydroxylation is 1. The van der Waals surface area contributed by atoms with E-state index in [-0.39, 0.29) is 11.9 Å². The highest BCUT2D eigenvalue weighted by Crippen LogP contribution is 2.40. The van der Waals surface area contributed by atoms with E-state index in [9.17, 15) is 14.7 Å². The zero-order valence-electron chi connectivity index (χ0n) is 23.7. The largest absolute Gasteiger partial charge is 0.493 e. The third-order valence-electron chi connectivity index (χ3n) is 7.93. The number of aromatic nitrogens is 1. The highest BCUT2D eigenvalue weighted by molar-refractivity contribution is 5.99. The van der Waals surface area contributed by atoms with E-state index in [0.717, 1.165) is 33.3 Å². The highest BCUT2D eigenvalue weighted by Gasteiger charge is 2.24. The molecule has 1 aliphatic carbocycles. The smallest absolute Gasteiger partial charge is 0.344 e. The molecule has 1 fully saturated rings. The second-order valence-electron chi connectivity index (χ2n) is 10.8. The van der Waals surface area contributed by atoms with Crippen LogP contribution in [-0.4, -0.2) is 34.8 Å². The van der Waals surface area contributed by atoms with Crippen molar-refractivity contribution < 1.29 is 24.2 Å². The lowest BCUT2D eigenvalue weighted by molar-refractivity contribution is -0.144. The van der Waals surface area contributed by atoms with E-state index < -0.39 is 12.1 Å². The molecule has 208 valence electrons. The Kier molecular flexibility index (Phi) is 7.57. The van der Waals surface area contributed by atoms with E-state index in [0.29, 0.717) is 29.5 Å². The molecule has 0 bridgehead atoms. The van der Waals surface area contributed by atoms with Crippen LogP contribution in [0, 0.1) is 13.8 Å². The van der Waals surface area contributed by atoms with Gasteiger partial charge in [0.25, 0.3) is 5.91 Å². The van der Waals surface area contributed by atoms with Gasteiger partial charge in [0.15, 0.2) is 17.6 Å². The van der Waals surface area contributed by atoms with Gasteiger partial charge in [-0.2, -0.15) is 0 Å². The summed E-state index contributed by atoms with van der Waals surface area (Å²) >= 11 is 0. The van der Waals surface area contributed by atoms with E-state index in [1.54, 1.807) is 6.07 Å². The number of carbonyl (C=O) groups excluding carboxylic acids is 1. The predicted octanol–water partition coefficient (Wildman–Crippen LogP) is 6.54. The fourth-order valence-corrected chi connectivity index (χ4v) is 5.19. The summed E-state index contributed by atoms with van der Waals surface area (Å²) in [5, 5.41) is 13.5. The van der Waals surface area contributed by atoms with Crippen molar-refractivity contribution in [1.29, 1.82) is 0 Å². The van der Waals surface area contributed by atoms with Gasteiger partial charge in [0.2, 0.25) is 0 Å². The van der Waals surface area contributed by atoms with Gasteiger partial charge in [-0.15, -0.1) is 0 Å². The monoisotopic (exact) mass is 540 g/mol. The number of rotatable bonds is 10. The van der Waals surface area contributed by atoms with Crippen molar-refractivity contribution in [1.82, 2.24) is 9.88 Å². The number of hydrogen-bond donors (Lipinski definition) is 2. The summed E-state index contributed by atoms with van der Waals surface area (Å²) in [6, 6.07) is 19.8. The fourth-order valence-electron chi connectivity index (χ4n) is 5.19. The number of aliphatic carboxylic acids is 1. The summed E-state index contributed by atoms with van der Waals surface area (Å²) in [6.45, 7) is 8.20. The second-order valence-corrected chi connectivity index (χ2v) is 10.8. The number of nitrogens with zero attached hydrogens (tertiary/aromatic N) is 1. The maximum Gasteiger partial charge on any atom is 0.344 e. The first kappa shape index (κ1) is 27.3. The van der Waals surface area contributed by atoms with Crippen molar-refractivity contribution in [3.8, 4) is 11.5 Å². The van der Waals surface area contributed by atoms with Crippen LogP contribution in [-0.2, 0) is 11.3 Å². The minimum Gasteiger partial charge on any atom is -0.493 e. The number of carboxylic acids is 1. The van der Waals surface area contributed by atoms with Crippen LogP contribution < -0.4 is 14.8 Å². The van der Waals surface area contributed by atoms with Gasteiger partial charge in [0.05, 0.1) is 13.2 Å². The topological polar surface area (TPSA) is 89.8 Å². The molecular weight excluding hydrogens is 504 g/mol. The molecule has 0 unspecified atom stereocenters. The number of amides is 1. The van der Waals surface area contributed by atoms with Gasteiger partial charge in [-0.25, -0.2) is 4.79 Å². The summed E-state index contributed by atoms with van der Waals surface area (Å²) in [4.78, 5) is 24.6. The number of fused-ring (bicyclic) bond motifs is 1. The maximum atomic E-state index is 13.2. The first-order chi connectivity index (χ1) is 19.2. The average Bonchev–Trinajstić information content (AvgIpc) is 3.78. The molecule has 2 atom stereocenters. The molecule has 1 aliphatic rings. The Balaban J connectivity index is 1.38. The Morgan fingerprint density at radius 1 is 1.02 bits per heavy atom. The van der Waals surface area contributed by atoms with Crippen molar-refractivity contribution in [2.45, 2.75) is 65.1 Å². The van der Waals surface area contributed by atoms with Gasteiger partial charge in [-0.05, 0) is 99.0 Å². The van der Waals surface area contributed by atoms with Crippen LogP contribution >= 0.6 is 0 Å². The second kappa shape index (κ2) is 11.1. The number of hydrogen-bond acceptors (Lipinski definition) is 4. The molecule has 1 aromatic heterocycles. The van der Waals surface area contributed by atoms with E-state index in [1.807, 2.05) is 37.3 Å². The van der Waals surface area contributed by atoms with E-state index >= 15 is 0 Å². The molecule has 0 saturated heterocycles. The highest BCUT2D eigenvalue weighted by atomic mass is 16.5. The number of ether oxygens (including phenoxy) is 2. The van der Waals surface area contributed by atoms with Crippen LogP contribution in [0.15, 0.2) is 60.7 Å². The zero-order chi connectivity index (χ0) is 28.6. The normalized spacial score (nSPS) is 14.5. The van der Waals surface area contributed by atoms with Crippen LogP contribution in [0.25, 0.3) is 10.9 Å². The average molecular weight is 541 g/mol. The standard InChI is InChI=1S/C33H36N2O5/c1-19-21(3)35(18-23-9-14-30(39-5)31(15-23)40-22(4)33(37)38)29-13-12-27(17-28(19)29)32(36)34-20(2)25-7-6-8-26(16-25)24-10-11-24/h6-9,12-17,20,22,24H,10-11,18H2,1-5H3,(H,34,36)(H,37,38)/t20-,22-/m0/s1. The quantitative estimate of drug-likeness (QED) is 0.239. The number of benzene rings is 3. The van der Waals surface area contributed by atoms with Gasteiger partial charge in [-0.1, -0.05) is 30.3 Å². The van der Waals surface area contributed by atoms with Gasteiger partial charge >= 0.3 is 5.97 Å². The summed E-state index contributed by atoms with van der Waals surface area (Å²) in [6.07, 6.45) is 1.50. The molecule has 3 aromatic carbocycles. The minimum absolute atomic E-state index is 0.0929. The molecule has 7 heteroatoms. The van der Waals surface area contributed by atoms with Gasteiger partial charge in [0.1, 0.15) is 0 Å². The molecule has 0 radical (unpaired) electrons. The predicted molar refractivity (Wildman–Crippen MR) is 156 cm³/mol. The molecule has 1 amide bonds. The van der Waals surface area contributed by atoms with Crippen LogP contribution in [0.4, 0.5) is 0 Å². The summed E-state index contributed by atoms with van der Waals surface area (Å²) in [7, 11) is 1.53. The third-order valence-corrected chi connectivity index (χ3v) is 7.93. The Labute approximate surface area is 234 Å². The molecule has 7 nitrogen and oxygen atoms in total. The third kappa shape index (κ3) is 5.55. The molecule has 4 aromatic rings. The molecule has 0 spiro atoms. The van der Waals surface area contributed by atoms with Gasteiger partial charge < -0.3 is 24.5 Å². The van der Waals surface area contributed by atoms with Crippen LogP contribution in [0.3, 0.4) is 0 Å². The lowest BCUT2D eigenvalue weighted by Crippen LogP contribution is -2.26. The van der Waals surface area contributed by atoms with Crippen LogP contribution in [0.2, 0.25) is 0 Å². The molecule has 2 N–H and O–H groups in total. The molecule has 5 rings (SSSR count). The van der Waals surface area contributed by atoms with E-state index in [1.165, 1.54) is 32.4 Å². The summed E-state index contributed by atoms with van der Waals surface area (Å²) in [5.74, 6) is 0.394. The number of carboxylic acid groups (broad SMARTS) is 1. The van der Waals surface area contributed by atoms with Crippen molar-refractivity contribution >= 4 is 22.8 Å². The van der Waals surface area contributed by atoms with Crippen molar-refractivity contribution in [2.75, 3.05) is 7.11 Å². The Morgan fingerprint density at radius 2 is 1.80 bits per heavy atom. The molecule has 0 aliphatic heterocycles. The number of methoxy groups -OCH3 is 1. The number of carbonyl (C=O) groups is 2. The van der Waals surface area contributed by atoms with E-state index in [4.69, 9.17) is 9.47 Å². The SMILES string of the molecule is COc1ccc(Cn2c(C)c(C)c3cc(C(=O)N[C@@H](C)c4cccc(C5CC5)c4)ccc32)cc1O[C@@H](C)C(=O)O. The van der Waals surface area contributed by atoms with Crippen LogP contribution in [0.1, 0.15) is 77.0 Å². The van der Waals surface area contributed by atoms with Crippen molar-refractivity contribution in [3.05, 3.63) is 94.2 Å². The van der Waals surface area contributed by atoms with E-state index in [2.05, 4.69) is 48.0 Å². The molecular formula is C33H36N2O5. The van der Waals surface area contributed by atoms with Crippen LogP contribution in [0.5, 0.6) is 11.5 Å². The number of nitrogens with one attached hydrogen (secondary N) is 1. The fraction of sp³-hybridized carbons (Fsp3) is 0.333. The Morgan fingerprint density at radius 3 is 2.50 bits per heavy atom. The molecule has 1 heterocycles. The zero-order valence-corrected chi connectivity index (χ0v) is 23.7. The minimum atomic E-state index is -1.05. The molecule has 40 heavy (non-hydrogen) atoms. The lowest BCUT2D eigenvalue weighted by Gasteiger charge is -2.16. The Bertz CT molecular complexity index is 1580. The van der Waals surface area contributed by atoms with Crippen molar-refractivity contribution in [3.63, 3.8) is 0 Å². The van der Waals surface area contributed by atoms with Crippen molar-refractivity contribution in [2.24, 2.45) is 0 Å². The van der Waals surface area contributed by atoms with Gasteiger partial charge in [-0.3, -0.25) is 4.79 Å². The first-order valence-corrected chi connectivity index (χ1v) is 13.7. The maximum absolute atomic E-state index is 13.2. The first-order valence-electron chi connectivity index (χ1n) is 13.7. The Hall–Kier alpha value is -4.26.